The molecule has 0 bridgehead atoms. The quantitative estimate of drug-likeness (QED) is 0.579. The number of carbonyl (C=O) groups excluding carboxylic acids is 1. The van der Waals surface area contributed by atoms with Crippen LogP contribution < -0.4 is 10.1 Å². The van der Waals surface area contributed by atoms with Crippen LogP contribution in [-0.2, 0) is 6.54 Å². The van der Waals surface area contributed by atoms with Gasteiger partial charge in [-0.2, -0.15) is 5.10 Å². The summed E-state index contributed by atoms with van der Waals surface area (Å²) in [5, 5.41) is 9.95. The van der Waals surface area contributed by atoms with Gasteiger partial charge in [-0.25, -0.2) is 0 Å². The van der Waals surface area contributed by atoms with Crippen LogP contribution in [0.2, 0.25) is 0 Å². The molecule has 2 aromatic carbocycles. The summed E-state index contributed by atoms with van der Waals surface area (Å²) in [6.07, 6.45) is 3.70. The molecule has 1 aromatic heterocycles. The van der Waals surface area contributed by atoms with E-state index in [1.807, 2.05) is 49.4 Å². The number of hydrogen-bond donors (Lipinski definition) is 2. The number of unbranched alkanes of at least 4 members (excludes halogenated alkanes) is 1. The molecule has 0 radical (unpaired) electrons. The Kier molecular flexibility index (Phi) is 6.26. The minimum Gasteiger partial charge on any atom is -0.494 e. The van der Waals surface area contributed by atoms with E-state index >= 15 is 0 Å². The van der Waals surface area contributed by atoms with Gasteiger partial charge in [0.2, 0.25) is 0 Å². The highest BCUT2D eigenvalue weighted by molar-refractivity contribution is 5.99. The number of amides is 1. The van der Waals surface area contributed by atoms with Gasteiger partial charge in [0.05, 0.1) is 24.1 Å². The number of nitrogens with zero attached hydrogens (tertiary/aromatic N) is 1. The monoisotopic (exact) mass is 363 g/mol. The number of rotatable bonds is 8. The third-order valence-electron chi connectivity index (χ3n) is 4.33. The van der Waals surface area contributed by atoms with Crippen LogP contribution in [-0.4, -0.2) is 22.7 Å². The summed E-state index contributed by atoms with van der Waals surface area (Å²) in [4.78, 5) is 12.6. The van der Waals surface area contributed by atoms with E-state index in [-0.39, 0.29) is 5.91 Å². The summed E-state index contributed by atoms with van der Waals surface area (Å²) >= 11 is 0. The van der Waals surface area contributed by atoms with Crippen molar-refractivity contribution in [1.82, 2.24) is 15.5 Å². The van der Waals surface area contributed by atoms with Crippen LogP contribution in [0.5, 0.6) is 5.75 Å². The van der Waals surface area contributed by atoms with Gasteiger partial charge in [-0.15, -0.1) is 0 Å². The first kappa shape index (κ1) is 18.7. The Morgan fingerprint density at radius 1 is 1.19 bits per heavy atom. The molecule has 0 aliphatic carbocycles. The molecule has 5 nitrogen and oxygen atoms in total. The van der Waals surface area contributed by atoms with Crippen molar-refractivity contribution in [1.29, 1.82) is 0 Å². The molecule has 5 heteroatoms. The highest BCUT2D eigenvalue weighted by Gasteiger charge is 2.15. The van der Waals surface area contributed by atoms with Gasteiger partial charge < -0.3 is 10.1 Å². The van der Waals surface area contributed by atoms with E-state index in [2.05, 4.69) is 28.5 Å². The molecular weight excluding hydrogens is 338 g/mol. The summed E-state index contributed by atoms with van der Waals surface area (Å²) in [6, 6.07) is 15.8. The molecule has 3 rings (SSSR count). The Hall–Kier alpha value is -3.08. The van der Waals surface area contributed by atoms with Crippen molar-refractivity contribution in [3.8, 4) is 17.0 Å². The van der Waals surface area contributed by atoms with E-state index in [4.69, 9.17) is 4.74 Å². The van der Waals surface area contributed by atoms with Gasteiger partial charge in [0.25, 0.3) is 5.91 Å². The van der Waals surface area contributed by atoms with Gasteiger partial charge in [-0.1, -0.05) is 43.2 Å². The van der Waals surface area contributed by atoms with Gasteiger partial charge in [-0.3, -0.25) is 9.89 Å². The molecule has 3 aromatic rings. The highest BCUT2D eigenvalue weighted by atomic mass is 16.5. The number of benzene rings is 2. The summed E-state index contributed by atoms with van der Waals surface area (Å²) < 4.78 is 5.69. The average Bonchev–Trinajstić information content (AvgIpc) is 3.17. The van der Waals surface area contributed by atoms with Gasteiger partial charge in [0.1, 0.15) is 5.75 Å². The summed E-state index contributed by atoms with van der Waals surface area (Å²) in [5.74, 6) is 0.681. The van der Waals surface area contributed by atoms with Gasteiger partial charge in [0.15, 0.2) is 0 Å². The van der Waals surface area contributed by atoms with Gasteiger partial charge in [-0.05, 0) is 43.2 Å². The Morgan fingerprint density at radius 3 is 2.74 bits per heavy atom. The van der Waals surface area contributed by atoms with Gasteiger partial charge >= 0.3 is 0 Å². The molecule has 140 valence electrons. The molecule has 0 aliphatic rings. The maximum Gasteiger partial charge on any atom is 0.255 e. The van der Waals surface area contributed by atoms with Crippen LogP contribution in [0.4, 0.5) is 0 Å². The van der Waals surface area contributed by atoms with Crippen LogP contribution in [0.15, 0.2) is 54.7 Å². The lowest BCUT2D eigenvalue weighted by Crippen LogP contribution is -2.23. The van der Waals surface area contributed by atoms with Crippen LogP contribution >= 0.6 is 0 Å². The molecule has 1 amide bonds. The Balaban J connectivity index is 1.67. The lowest BCUT2D eigenvalue weighted by atomic mass is 10.1. The zero-order valence-corrected chi connectivity index (χ0v) is 15.8. The number of hydrogen-bond acceptors (Lipinski definition) is 3. The van der Waals surface area contributed by atoms with Crippen molar-refractivity contribution in [3.05, 3.63) is 71.4 Å². The number of nitrogens with one attached hydrogen (secondary N) is 2. The molecule has 0 aliphatic heterocycles. The summed E-state index contributed by atoms with van der Waals surface area (Å²) in [5.41, 5.74) is 4.38. The minimum absolute atomic E-state index is 0.150. The standard InChI is InChI=1S/C22H25N3O2/c1-3-4-12-27-19-10-8-18(9-11-19)21-20(15-24-25-21)22(26)23-14-17-7-5-6-16(2)13-17/h5-11,13,15H,3-4,12,14H2,1-2H3,(H,23,26)(H,24,25). The second-order valence-corrected chi connectivity index (χ2v) is 6.56. The van der Waals surface area contributed by atoms with Crippen molar-refractivity contribution in [3.63, 3.8) is 0 Å². The number of aryl methyl sites for hydroxylation is 1. The molecule has 0 spiro atoms. The van der Waals surface area contributed by atoms with Crippen molar-refractivity contribution in [2.75, 3.05) is 6.61 Å². The van der Waals surface area contributed by atoms with E-state index in [1.54, 1.807) is 6.20 Å². The summed E-state index contributed by atoms with van der Waals surface area (Å²) in [7, 11) is 0. The number of ether oxygens (including phenoxy) is 1. The zero-order chi connectivity index (χ0) is 19.1. The molecule has 1 heterocycles. The van der Waals surface area contributed by atoms with Crippen LogP contribution in [0.1, 0.15) is 41.3 Å². The Bertz CT molecular complexity index is 885. The van der Waals surface area contributed by atoms with Crippen LogP contribution in [0, 0.1) is 6.92 Å². The number of H-pyrrole nitrogens is 1. The highest BCUT2D eigenvalue weighted by Crippen LogP contribution is 2.24. The third-order valence-corrected chi connectivity index (χ3v) is 4.33. The lowest BCUT2D eigenvalue weighted by molar-refractivity contribution is 0.0951. The lowest BCUT2D eigenvalue weighted by Gasteiger charge is -2.08. The minimum atomic E-state index is -0.150. The Labute approximate surface area is 159 Å². The molecule has 0 unspecified atom stereocenters. The second-order valence-electron chi connectivity index (χ2n) is 6.56. The molecule has 0 saturated carbocycles. The number of carbonyl (C=O) groups is 1. The fourth-order valence-corrected chi connectivity index (χ4v) is 2.83. The first-order chi connectivity index (χ1) is 13.2. The molecule has 0 atom stereocenters. The maximum atomic E-state index is 12.6. The average molecular weight is 363 g/mol. The molecule has 2 N–H and O–H groups in total. The third kappa shape index (κ3) is 4.97. The number of aromatic nitrogens is 2. The molecule has 27 heavy (non-hydrogen) atoms. The van der Waals surface area contributed by atoms with Crippen LogP contribution in [0.3, 0.4) is 0 Å². The first-order valence-corrected chi connectivity index (χ1v) is 9.27. The second kappa shape index (κ2) is 9.03. The van der Waals surface area contributed by atoms with Crippen molar-refractivity contribution in [2.45, 2.75) is 33.2 Å². The normalized spacial score (nSPS) is 10.6. The zero-order valence-electron chi connectivity index (χ0n) is 15.8. The first-order valence-electron chi connectivity index (χ1n) is 9.27. The van der Waals surface area contributed by atoms with Gasteiger partial charge in [0, 0.05) is 12.1 Å². The molecule has 0 fully saturated rings. The van der Waals surface area contributed by atoms with E-state index in [0.717, 1.165) is 29.7 Å². The van der Waals surface area contributed by atoms with E-state index in [9.17, 15) is 4.79 Å². The molecular formula is C22H25N3O2. The van der Waals surface area contributed by atoms with E-state index < -0.39 is 0 Å². The fraction of sp³-hybridized carbons (Fsp3) is 0.273. The number of aromatic amines is 1. The van der Waals surface area contributed by atoms with E-state index in [1.165, 1.54) is 5.56 Å². The smallest absolute Gasteiger partial charge is 0.255 e. The maximum absolute atomic E-state index is 12.6. The van der Waals surface area contributed by atoms with Crippen molar-refractivity contribution in [2.24, 2.45) is 0 Å². The van der Waals surface area contributed by atoms with Crippen molar-refractivity contribution >= 4 is 5.91 Å². The predicted molar refractivity (Wildman–Crippen MR) is 107 cm³/mol. The Morgan fingerprint density at radius 2 is 2.00 bits per heavy atom. The summed E-state index contributed by atoms with van der Waals surface area (Å²) in [6.45, 7) is 5.37. The van der Waals surface area contributed by atoms with Crippen LogP contribution in [0.25, 0.3) is 11.3 Å². The van der Waals surface area contributed by atoms with Crippen molar-refractivity contribution < 1.29 is 9.53 Å². The SMILES string of the molecule is CCCCOc1ccc(-c2[nH]ncc2C(=O)NCc2cccc(C)c2)cc1. The predicted octanol–water partition coefficient (Wildman–Crippen LogP) is 4.49. The topological polar surface area (TPSA) is 67.0 Å². The van der Waals surface area contributed by atoms with E-state index in [0.29, 0.717) is 24.4 Å². The molecule has 0 saturated heterocycles. The fourth-order valence-electron chi connectivity index (χ4n) is 2.83. The largest absolute Gasteiger partial charge is 0.494 e.